The van der Waals surface area contributed by atoms with Crippen LogP contribution in [0.2, 0.25) is 10.0 Å². The summed E-state index contributed by atoms with van der Waals surface area (Å²) in [7, 11) is 0. The minimum Gasteiger partial charge on any atom is -0.444 e. The molecule has 44 heavy (non-hydrogen) atoms. The fraction of sp³-hybridized carbons (Fsp3) is 0.529. The van der Waals surface area contributed by atoms with E-state index in [9.17, 15) is 14.4 Å². The molecule has 0 spiro atoms. The van der Waals surface area contributed by atoms with Crippen molar-refractivity contribution >= 4 is 46.9 Å². The van der Waals surface area contributed by atoms with Crippen LogP contribution in [0.25, 0.3) is 0 Å². The van der Waals surface area contributed by atoms with E-state index in [4.69, 9.17) is 38.1 Å². The molecule has 1 N–H and O–H groups in total. The first-order valence-corrected chi connectivity index (χ1v) is 15.9. The van der Waals surface area contributed by atoms with Gasteiger partial charge in [0.25, 0.3) is 0 Å². The lowest BCUT2D eigenvalue weighted by Gasteiger charge is -2.33. The minimum atomic E-state index is -0.493. The molecule has 2 aromatic rings. The molecule has 2 heterocycles. The summed E-state index contributed by atoms with van der Waals surface area (Å²) in [6, 6.07) is 14.3. The van der Waals surface area contributed by atoms with Crippen LogP contribution >= 0.6 is 23.2 Å². The van der Waals surface area contributed by atoms with Crippen molar-refractivity contribution in [1.82, 2.24) is 9.80 Å². The van der Waals surface area contributed by atoms with Crippen molar-refractivity contribution in [2.45, 2.75) is 78.4 Å². The molecule has 2 fully saturated rings. The van der Waals surface area contributed by atoms with E-state index in [-0.39, 0.29) is 29.8 Å². The zero-order valence-electron chi connectivity index (χ0n) is 26.6. The number of ether oxygens (including phenoxy) is 2. The van der Waals surface area contributed by atoms with Crippen LogP contribution in [0.3, 0.4) is 0 Å². The first-order chi connectivity index (χ1) is 20.5. The van der Waals surface area contributed by atoms with Gasteiger partial charge in [0, 0.05) is 59.3 Å². The van der Waals surface area contributed by atoms with Crippen LogP contribution in [-0.2, 0) is 9.47 Å². The molecule has 0 saturated carbocycles. The van der Waals surface area contributed by atoms with Crippen LogP contribution in [0, 0.1) is 17.2 Å². The highest BCUT2D eigenvalue weighted by Crippen LogP contribution is 2.25. The number of nitrogens with zero attached hydrogens (tertiary/aromatic N) is 2. The summed E-state index contributed by atoms with van der Waals surface area (Å²) in [5, 5.41) is 9.63. The Balaban J connectivity index is 0.000000240. The number of Topliss-reactive ketones (excluding diaryl/α,β-unsaturated/α-hetero) is 1. The van der Waals surface area contributed by atoms with E-state index in [2.05, 4.69) is 0 Å². The van der Waals surface area contributed by atoms with Crippen molar-refractivity contribution in [3.63, 3.8) is 0 Å². The third kappa shape index (κ3) is 11.1. The Labute approximate surface area is 271 Å². The van der Waals surface area contributed by atoms with E-state index in [1.807, 2.05) is 53.7 Å². The lowest BCUT2D eigenvalue weighted by Crippen LogP contribution is -2.43. The largest absolute Gasteiger partial charge is 0.444 e. The molecular formula is C34H45Cl2N3O5. The maximum absolute atomic E-state index is 12.4. The molecule has 240 valence electrons. The number of rotatable bonds is 4. The van der Waals surface area contributed by atoms with E-state index >= 15 is 0 Å². The second-order valence-corrected chi connectivity index (χ2v) is 14.1. The van der Waals surface area contributed by atoms with E-state index in [1.54, 1.807) is 46.2 Å². The molecule has 0 bridgehead atoms. The van der Waals surface area contributed by atoms with Crippen molar-refractivity contribution in [2.75, 3.05) is 26.2 Å². The number of hydrogen-bond acceptors (Lipinski definition) is 6. The number of halogens is 2. The standard InChI is InChI=1S/C17H23ClN2O2.C17H22ClNO3/c1-17(2,3)22-16(21)20-10-8-13(9-11-20)15(19)12-4-6-14(18)7-5-12;1-17(2,3)22-16(21)19-10-8-13(9-11-19)15(20)12-4-6-14(18)7-5-12/h4-7,13,19H,8-11H2,1-3H3;4-7,13H,8-11H2,1-3H3. The van der Waals surface area contributed by atoms with Crippen molar-refractivity contribution in [3.8, 4) is 0 Å². The highest BCUT2D eigenvalue weighted by Gasteiger charge is 2.31. The summed E-state index contributed by atoms with van der Waals surface area (Å²) >= 11 is 11.7. The summed E-state index contributed by atoms with van der Waals surface area (Å²) in [6.07, 6.45) is 2.36. The Morgan fingerprint density at radius 1 is 0.636 bits per heavy atom. The van der Waals surface area contributed by atoms with Gasteiger partial charge in [0.2, 0.25) is 0 Å². The van der Waals surface area contributed by atoms with Gasteiger partial charge in [-0.3, -0.25) is 4.79 Å². The van der Waals surface area contributed by atoms with Crippen LogP contribution < -0.4 is 0 Å². The SMILES string of the molecule is CC(C)(C)OC(=O)N1CCC(C(=N)c2ccc(Cl)cc2)CC1.CC(C)(C)OC(=O)N1CCC(C(=O)c2ccc(Cl)cc2)CC1. The number of amides is 2. The predicted octanol–water partition coefficient (Wildman–Crippen LogP) is 8.52. The van der Waals surface area contributed by atoms with E-state index in [0.29, 0.717) is 60.3 Å². The smallest absolute Gasteiger partial charge is 0.410 e. The minimum absolute atomic E-state index is 0.0418. The summed E-state index contributed by atoms with van der Waals surface area (Å²) in [4.78, 5) is 39.9. The van der Waals surface area contributed by atoms with Gasteiger partial charge in [-0.2, -0.15) is 0 Å². The summed E-state index contributed by atoms with van der Waals surface area (Å²) in [6.45, 7) is 13.5. The number of piperidine rings is 2. The van der Waals surface area contributed by atoms with Gasteiger partial charge in [0.15, 0.2) is 5.78 Å². The van der Waals surface area contributed by atoms with Gasteiger partial charge < -0.3 is 24.7 Å². The lowest BCUT2D eigenvalue weighted by molar-refractivity contribution is 0.0179. The molecule has 0 unspecified atom stereocenters. The zero-order valence-corrected chi connectivity index (χ0v) is 28.1. The fourth-order valence-corrected chi connectivity index (χ4v) is 5.29. The van der Waals surface area contributed by atoms with Gasteiger partial charge in [-0.1, -0.05) is 35.3 Å². The van der Waals surface area contributed by atoms with Crippen LogP contribution in [0.4, 0.5) is 9.59 Å². The molecular weight excluding hydrogens is 601 g/mol. The fourth-order valence-electron chi connectivity index (χ4n) is 5.04. The molecule has 2 amide bonds. The second-order valence-electron chi connectivity index (χ2n) is 13.3. The topological polar surface area (TPSA) is 100 Å². The normalized spacial score (nSPS) is 16.5. The maximum atomic E-state index is 12.4. The first-order valence-electron chi connectivity index (χ1n) is 15.1. The number of benzene rings is 2. The highest BCUT2D eigenvalue weighted by molar-refractivity contribution is 6.31. The Morgan fingerprint density at radius 2 is 0.977 bits per heavy atom. The molecule has 10 heteroatoms. The molecule has 2 aromatic carbocycles. The number of carbonyl (C=O) groups is 3. The van der Waals surface area contributed by atoms with E-state index < -0.39 is 11.2 Å². The Morgan fingerprint density at radius 3 is 1.34 bits per heavy atom. The summed E-state index contributed by atoms with van der Waals surface area (Å²) in [5.74, 6) is 0.264. The van der Waals surface area contributed by atoms with Crippen LogP contribution in [-0.4, -0.2) is 70.9 Å². The average molecular weight is 647 g/mol. The van der Waals surface area contributed by atoms with Gasteiger partial charge in [0.05, 0.1) is 0 Å². The highest BCUT2D eigenvalue weighted by atomic mass is 35.5. The number of nitrogens with one attached hydrogen (secondary N) is 1. The maximum Gasteiger partial charge on any atom is 0.410 e. The summed E-state index contributed by atoms with van der Waals surface area (Å²) in [5.41, 5.74) is 1.25. The lowest BCUT2D eigenvalue weighted by atomic mass is 9.88. The molecule has 0 radical (unpaired) electrons. The average Bonchev–Trinajstić information content (AvgIpc) is 2.96. The quantitative estimate of drug-likeness (QED) is 0.265. The van der Waals surface area contributed by atoms with Gasteiger partial charge in [-0.15, -0.1) is 0 Å². The third-order valence-corrected chi connectivity index (χ3v) is 7.86. The molecule has 0 aliphatic carbocycles. The molecule has 8 nitrogen and oxygen atoms in total. The van der Waals surface area contributed by atoms with E-state index in [1.165, 1.54) is 0 Å². The van der Waals surface area contributed by atoms with Crippen molar-refractivity contribution in [1.29, 1.82) is 5.41 Å². The van der Waals surface area contributed by atoms with Gasteiger partial charge in [0.1, 0.15) is 11.2 Å². The number of carbonyl (C=O) groups excluding carboxylic acids is 3. The first kappa shape index (κ1) is 35.4. The number of ketones is 1. The molecule has 4 rings (SSSR count). The molecule has 0 atom stereocenters. The van der Waals surface area contributed by atoms with Crippen molar-refractivity contribution < 1.29 is 23.9 Å². The van der Waals surface area contributed by atoms with Gasteiger partial charge in [-0.25, -0.2) is 9.59 Å². The Bertz CT molecular complexity index is 1180. The van der Waals surface area contributed by atoms with Crippen LogP contribution in [0.1, 0.15) is 83.1 Å². The van der Waals surface area contributed by atoms with Crippen molar-refractivity contribution in [3.05, 3.63) is 69.7 Å². The number of likely N-dealkylation sites (tertiary alicyclic amines) is 2. The number of hydrogen-bond donors (Lipinski definition) is 1. The Hall–Kier alpha value is -3.10. The summed E-state index contributed by atoms with van der Waals surface area (Å²) < 4.78 is 10.7. The zero-order chi connectivity index (χ0) is 32.7. The molecule has 2 aliphatic heterocycles. The molecule has 2 aliphatic rings. The van der Waals surface area contributed by atoms with Crippen LogP contribution in [0.15, 0.2) is 48.5 Å². The molecule has 0 aromatic heterocycles. The molecule has 2 saturated heterocycles. The van der Waals surface area contributed by atoms with Crippen molar-refractivity contribution in [2.24, 2.45) is 11.8 Å². The van der Waals surface area contributed by atoms with Crippen LogP contribution in [0.5, 0.6) is 0 Å². The van der Waals surface area contributed by atoms with E-state index in [0.717, 1.165) is 18.4 Å². The van der Waals surface area contributed by atoms with Gasteiger partial charge >= 0.3 is 12.2 Å². The van der Waals surface area contributed by atoms with Gasteiger partial charge in [-0.05, 0) is 109 Å². The third-order valence-electron chi connectivity index (χ3n) is 7.36. The second kappa shape index (κ2) is 15.3. The predicted molar refractivity (Wildman–Crippen MR) is 175 cm³/mol. The Kier molecular flexibility index (Phi) is 12.3. The monoisotopic (exact) mass is 645 g/mol.